The van der Waals surface area contributed by atoms with Crippen LogP contribution >= 0.6 is 0 Å². The van der Waals surface area contributed by atoms with Gasteiger partial charge in [0, 0.05) is 18.2 Å². The number of halogens is 3. The standard InChI is InChI=1S/C25H24F3NO5/c1-32-20-14-16(15-21(33-2)23(20)34-3)13-18-8-6-12-29(24(18)31)22(30)11-10-17-7-4-5-9-19(17)25(26,27)28/h4-5,7,9-11,13-15H,6,8,12H2,1-3H3/b11-10+,18-13+. The van der Waals surface area contributed by atoms with Crippen molar-refractivity contribution in [2.75, 3.05) is 27.9 Å². The molecule has 0 atom stereocenters. The number of hydrogen-bond donors (Lipinski definition) is 0. The highest BCUT2D eigenvalue weighted by atomic mass is 19.4. The van der Waals surface area contributed by atoms with Crippen LogP contribution in [0.15, 0.2) is 48.0 Å². The molecule has 0 radical (unpaired) electrons. The molecular weight excluding hydrogens is 451 g/mol. The van der Waals surface area contributed by atoms with Gasteiger partial charge in [0.25, 0.3) is 11.8 Å². The number of likely N-dealkylation sites (tertiary alicyclic amines) is 1. The highest BCUT2D eigenvalue weighted by molar-refractivity contribution is 6.11. The fraction of sp³-hybridized carbons (Fsp3) is 0.280. The molecule has 9 heteroatoms. The van der Waals surface area contributed by atoms with Crippen molar-refractivity contribution in [2.45, 2.75) is 19.0 Å². The monoisotopic (exact) mass is 475 g/mol. The second-order valence-corrected chi connectivity index (χ2v) is 7.45. The Labute approximate surface area is 195 Å². The van der Waals surface area contributed by atoms with Gasteiger partial charge in [0.15, 0.2) is 11.5 Å². The summed E-state index contributed by atoms with van der Waals surface area (Å²) in [6.07, 6.45) is 0.122. The average Bonchev–Trinajstić information content (AvgIpc) is 2.82. The van der Waals surface area contributed by atoms with Crippen LogP contribution in [-0.2, 0) is 15.8 Å². The lowest BCUT2D eigenvalue weighted by Gasteiger charge is -2.26. The Bertz CT molecular complexity index is 1110. The summed E-state index contributed by atoms with van der Waals surface area (Å²) in [5.41, 5.74) is -0.00670. The lowest BCUT2D eigenvalue weighted by atomic mass is 10.00. The second kappa shape index (κ2) is 10.5. The van der Waals surface area contributed by atoms with Gasteiger partial charge in [-0.25, -0.2) is 0 Å². The van der Waals surface area contributed by atoms with Gasteiger partial charge >= 0.3 is 6.18 Å². The number of nitrogens with zero attached hydrogens (tertiary/aromatic N) is 1. The molecule has 6 nitrogen and oxygen atoms in total. The van der Waals surface area contributed by atoms with Crippen LogP contribution in [0.1, 0.15) is 29.5 Å². The number of methoxy groups -OCH3 is 3. The maximum atomic E-state index is 13.2. The van der Waals surface area contributed by atoms with Crippen LogP contribution in [0.5, 0.6) is 17.2 Å². The van der Waals surface area contributed by atoms with Crippen LogP contribution in [0, 0.1) is 0 Å². The first kappa shape index (κ1) is 24.9. The lowest BCUT2D eigenvalue weighted by molar-refractivity contribution is -0.141. The van der Waals surface area contributed by atoms with Crippen molar-refractivity contribution in [1.82, 2.24) is 4.90 Å². The van der Waals surface area contributed by atoms with E-state index < -0.39 is 23.6 Å². The number of piperidine rings is 1. The van der Waals surface area contributed by atoms with Gasteiger partial charge in [-0.15, -0.1) is 0 Å². The molecular formula is C25H24F3NO5. The molecule has 0 aliphatic carbocycles. The molecule has 1 aliphatic rings. The summed E-state index contributed by atoms with van der Waals surface area (Å²) in [6, 6.07) is 8.28. The van der Waals surface area contributed by atoms with E-state index in [1.54, 1.807) is 18.2 Å². The predicted octanol–water partition coefficient (Wildman–Crippen LogP) is 4.98. The number of carbonyl (C=O) groups is 2. The molecule has 0 unspecified atom stereocenters. The van der Waals surface area contributed by atoms with Gasteiger partial charge < -0.3 is 14.2 Å². The highest BCUT2D eigenvalue weighted by Crippen LogP contribution is 2.39. The van der Waals surface area contributed by atoms with E-state index in [4.69, 9.17) is 14.2 Å². The molecule has 2 amide bonds. The molecule has 2 aromatic rings. The predicted molar refractivity (Wildman–Crippen MR) is 121 cm³/mol. The lowest BCUT2D eigenvalue weighted by Crippen LogP contribution is -2.40. The summed E-state index contributed by atoms with van der Waals surface area (Å²) in [7, 11) is 4.43. The summed E-state index contributed by atoms with van der Waals surface area (Å²) in [5.74, 6) is 0.0479. The van der Waals surface area contributed by atoms with E-state index in [0.29, 0.717) is 41.2 Å². The van der Waals surface area contributed by atoms with E-state index in [9.17, 15) is 22.8 Å². The smallest absolute Gasteiger partial charge is 0.416 e. The third-order valence-corrected chi connectivity index (χ3v) is 5.31. The Balaban J connectivity index is 1.85. The average molecular weight is 475 g/mol. The first-order valence-corrected chi connectivity index (χ1v) is 10.4. The van der Waals surface area contributed by atoms with Crippen LogP contribution in [-0.4, -0.2) is 44.6 Å². The van der Waals surface area contributed by atoms with Gasteiger partial charge in [-0.1, -0.05) is 18.2 Å². The molecule has 1 fully saturated rings. The third-order valence-electron chi connectivity index (χ3n) is 5.31. The SMILES string of the molecule is COc1cc(/C=C2\CCCN(C(=O)/C=C/c3ccccc3C(F)(F)F)C2=O)cc(OC)c1OC. The Kier molecular flexibility index (Phi) is 7.65. The van der Waals surface area contributed by atoms with Crippen LogP contribution < -0.4 is 14.2 Å². The van der Waals surface area contributed by atoms with Gasteiger partial charge in [0.05, 0.1) is 26.9 Å². The zero-order chi connectivity index (χ0) is 24.9. The first-order chi connectivity index (χ1) is 16.2. The minimum Gasteiger partial charge on any atom is -0.493 e. The topological polar surface area (TPSA) is 65.1 Å². The number of ether oxygens (including phenoxy) is 3. The van der Waals surface area contributed by atoms with Crippen LogP contribution in [0.3, 0.4) is 0 Å². The maximum absolute atomic E-state index is 13.2. The number of amides is 2. The third kappa shape index (κ3) is 5.41. The van der Waals surface area contributed by atoms with E-state index in [2.05, 4.69) is 0 Å². The molecule has 1 saturated heterocycles. The van der Waals surface area contributed by atoms with Gasteiger partial charge in [-0.2, -0.15) is 13.2 Å². The van der Waals surface area contributed by atoms with Gasteiger partial charge in [0.1, 0.15) is 0 Å². The summed E-state index contributed by atoms with van der Waals surface area (Å²) in [6.45, 7) is 0.176. The number of hydrogen-bond acceptors (Lipinski definition) is 5. The Morgan fingerprint density at radius 1 is 1.03 bits per heavy atom. The Morgan fingerprint density at radius 3 is 2.26 bits per heavy atom. The van der Waals surface area contributed by atoms with Crippen molar-refractivity contribution in [3.8, 4) is 17.2 Å². The van der Waals surface area contributed by atoms with Crippen LogP contribution in [0.2, 0.25) is 0 Å². The molecule has 34 heavy (non-hydrogen) atoms. The summed E-state index contributed by atoms with van der Waals surface area (Å²) < 4.78 is 55.5. The molecule has 3 rings (SSSR count). The normalized spacial score (nSPS) is 15.6. The van der Waals surface area contributed by atoms with Crippen LogP contribution in [0.4, 0.5) is 13.2 Å². The fourth-order valence-electron chi connectivity index (χ4n) is 3.69. The zero-order valence-electron chi connectivity index (χ0n) is 18.9. The van der Waals surface area contributed by atoms with Crippen molar-refractivity contribution >= 4 is 24.0 Å². The Morgan fingerprint density at radius 2 is 1.68 bits per heavy atom. The minimum absolute atomic E-state index is 0.152. The van der Waals surface area contributed by atoms with Gasteiger partial charge in [-0.3, -0.25) is 14.5 Å². The van der Waals surface area contributed by atoms with E-state index in [-0.39, 0.29) is 12.1 Å². The van der Waals surface area contributed by atoms with Crippen molar-refractivity contribution in [3.05, 3.63) is 64.7 Å². The fourth-order valence-corrected chi connectivity index (χ4v) is 3.69. The van der Waals surface area contributed by atoms with Gasteiger partial charge in [0.2, 0.25) is 5.75 Å². The molecule has 0 bridgehead atoms. The Hall–Kier alpha value is -3.75. The first-order valence-electron chi connectivity index (χ1n) is 10.4. The minimum atomic E-state index is -4.55. The molecule has 0 spiro atoms. The molecule has 2 aromatic carbocycles. The second-order valence-electron chi connectivity index (χ2n) is 7.45. The quantitative estimate of drug-likeness (QED) is 0.552. The van der Waals surface area contributed by atoms with E-state index in [0.717, 1.165) is 23.1 Å². The molecule has 1 heterocycles. The molecule has 1 aliphatic heterocycles. The zero-order valence-corrected chi connectivity index (χ0v) is 18.9. The van der Waals surface area contributed by atoms with E-state index in [1.807, 2.05) is 0 Å². The maximum Gasteiger partial charge on any atom is 0.416 e. The number of benzene rings is 2. The molecule has 180 valence electrons. The summed E-state index contributed by atoms with van der Waals surface area (Å²) in [5, 5.41) is 0. The van der Waals surface area contributed by atoms with Crippen molar-refractivity contribution in [1.29, 1.82) is 0 Å². The largest absolute Gasteiger partial charge is 0.493 e. The van der Waals surface area contributed by atoms with Crippen LogP contribution in [0.25, 0.3) is 12.2 Å². The number of alkyl halides is 3. The van der Waals surface area contributed by atoms with Crippen molar-refractivity contribution in [2.24, 2.45) is 0 Å². The van der Waals surface area contributed by atoms with E-state index >= 15 is 0 Å². The number of imide groups is 1. The van der Waals surface area contributed by atoms with Crippen molar-refractivity contribution < 1.29 is 37.0 Å². The van der Waals surface area contributed by atoms with E-state index in [1.165, 1.54) is 39.5 Å². The molecule has 0 N–H and O–H groups in total. The molecule has 0 saturated carbocycles. The van der Waals surface area contributed by atoms with Gasteiger partial charge in [-0.05, 0) is 54.3 Å². The molecule has 0 aromatic heterocycles. The summed E-state index contributed by atoms with van der Waals surface area (Å²) in [4.78, 5) is 26.7. The highest BCUT2D eigenvalue weighted by Gasteiger charge is 2.32. The van der Waals surface area contributed by atoms with Crippen molar-refractivity contribution in [3.63, 3.8) is 0 Å². The number of carbonyl (C=O) groups excluding carboxylic acids is 2. The summed E-state index contributed by atoms with van der Waals surface area (Å²) >= 11 is 0. The number of rotatable bonds is 6.